The van der Waals surface area contributed by atoms with Crippen molar-refractivity contribution in [3.05, 3.63) is 0 Å². The molecule has 0 aromatic carbocycles. The molecule has 0 spiro atoms. The Labute approximate surface area is 80.1 Å². The van der Waals surface area contributed by atoms with Crippen LogP contribution in [-0.4, -0.2) is 16.7 Å². The zero-order valence-corrected chi connectivity index (χ0v) is 8.92. The summed E-state index contributed by atoms with van der Waals surface area (Å²) in [6, 6.07) is 0.398. The van der Waals surface area contributed by atoms with E-state index in [1.54, 1.807) is 0 Å². The van der Waals surface area contributed by atoms with Crippen LogP contribution in [0.3, 0.4) is 0 Å². The summed E-state index contributed by atoms with van der Waals surface area (Å²) in [5.74, 6) is 0. The molecule has 2 nitrogen and oxygen atoms in total. The van der Waals surface area contributed by atoms with E-state index in [9.17, 15) is 0 Å². The lowest BCUT2D eigenvalue weighted by atomic mass is 10.1. The van der Waals surface area contributed by atoms with Crippen LogP contribution >= 0.6 is 12.2 Å². The maximum absolute atomic E-state index is 5.23. The Hall–Kier alpha value is -0.150. The second kappa shape index (κ2) is 3.71. The number of hydrogen-bond acceptors (Lipinski definition) is 2. The molecule has 0 radical (unpaired) electrons. The number of thiocarbonyl (C=S) groups is 1. The van der Waals surface area contributed by atoms with Gasteiger partial charge in [-0.15, -0.1) is 0 Å². The van der Waals surface area contributed by atoms with Crippen LogP contribution < -0.4 is 10.6 Å². The predicted octanol–water partition coefficient (Wildman–Crippen LogP) is 1.80. The third kappa shape index (κ3) is 2.42. The molecular weight excluding hydrogens is 168 g/mol. The van der Waals surface area contributed by atoms with Gasteiger partial charge in [0.05, 0.1) is 16.7 Å². The van der Waals surface area contributed by atoms with Gasteiger partial charge in [0.25, 0.3) is 0 Å². The number of hydrogen-bond donors (Lipinski definition) is 2. The Bertz CT molecular complexity index is 177. The van der Waals surface area contributed by atoms with E-state index >= 15 is 0 Å². The molecule has 1 fully saturated rings. The molecule has 0 amide bonds. The van der Waals surface area contributed by atoms with Crippen LogP contribution in [0.5, 0.6) is 0 Å². The molecule has 0 aliphatic carbocycles. The molecule has 1 atom stereocenters. The molecule has 1 rings (SSSR count). The van der Waals surface area contributed by atoms with E-state index < -0.39 is 0 Å². The summed E-state index contributed by atoms with van der Waals surface area (Å²) in [7, 11) is 0. The fourth-order valence-corrected chi connectivity index (χ4v) is 1.98. The van der Waals surface area contributed by atoms with Crippen LogP contribution in [-0.2, 0) is 0 Å². The number of unbranched alkanes of at least 4 members (excludes halogenated alkanes) is 1. The van der Waals surface area contributed by atoms with Crippen molar-refractivity contribution in [1.29, 1.82) is 0 Å². The molecule has 1 saturated heterocycles. The van der Waals surface area contributed by atoms with Crippen LogP contribution in [0.2, 0.25) is 0 Å². The topological polar surface area (TPSA) is 24.1 Å². The van der Waals surface area contributed by atoms with Gasteiger partial charge in [-0.1, -0.05) is 32.0 Å². The minimum atomic E-state index is -0.00447. The van der Waals surface area contributed by atoms with E-state index in [0.717, 1.165) is 11.4 Å². The Kier molecular flexibility index (Phi) is 3.07. The normalized spacial score (nSPS) is 27.2. The molecule has 1 aliphatic heterocycles. The Balaban J connectivity index is 2.42. The molecule has 0 saturated carbocycles. The highest BCUT2D eigenvalue weighted by molar-refractivity contribution is 7.80. The molecule has 12 heavy (non-hydrogen) atoms. The van der Waals surface area contributed by atoms with Crippen molar-refractivity contribution in [1.82, 2.24) is 10.6 Å². The van der Waals surface area contributed by atoms with Crippen molar-refractivity contribution in [3.8, 4) is 0 Å². The molecule has 2 N–H and O–H groups in total. The molecule has 3 heteroatoms. The lowest BCUT2D eigenvalue weighted by molar-refractivity contribution is 0.386. The number of nitrogens with one attached hydrogen (secondary N) is 2. The van der Waals surface area contributed by atoms with Crippen molar-refractivity contribution in [2.45, 2.75) is 51.7 Å². The summed E-state index contributed by atoms with van der Waals surface area (Å²) < 4.78 is 0. The van der Waals surface area contributed by atoms with Gasteiger partial charge in [-0.25, -0.2) is 0 Å². The summed E-state index contributed by atoms with van der Waals surface area (Å²) in [6.45, 7) is 6.44. The van der Waals surface area contributed by atoms with Gasteiger partial charge in [-0.3, -0.25) is 5.32 Å². The van der Waals surface area contributed by atoms with Crippen LogP contribution in [0.4, 0.5) is 0 Å². The third-order valence-corrected chi connectivity index (χ3v) is 2.52. The Morgan fingerprint density at radius 2 is 2.17 bits per heavy atom. The first kappa shape index (κ1) is 9.93. The molecular formula is C9H18N2S. The maximum atomic E-state index is 5.23. The second-order valence-corrected chi connectivity index (χ2v) is 4.39. The lowest BCUT2D eigenvalue weighted by Crippen LogP contribution is -2.44. The van der Waals surface area contributed by atoms with Crippen LogP contribution in [0.15, 0.2) is 0 Å². The van der Waals surface area contributed by atoms with Crippen molar-refractivity contribution in [2.24, 2.45) is 0 Å². The molecule has 70 valence electrons. The van der Waals surface area contributed by atoms with E-state index in [-0.39, 0.29) is 5.66 Å². The van der Waals surface area contributed by atoms with Gasteiger partial charge in [0.2, 0.25) is 0 Å². The van der Waals surface area contributed by atoms with Gasteiger partial charge < -0.3 is 5.32 Å². The average Bonchev–Trinajstić information content (AvgIpc) is 2.20. The van der Waals surface area contributed by atoms with Crippen molar-refractivity contribution < 1.29 is 0 Å². The van der Waals surface area contributed by atoms with Crippen molar-refractivity contribution in [3.63, 3.8) is 0 Å². The molecule has 0 aromatic rings. The summed E-state index contributed by atoms with van der Waals surface area (Å²) in [4.78, 5) is 0.980. The van der Waals surface area contributed by atoms with E-state index in [0.29, 0.717) is 6.04 Å². The Morgan fingerprint density at radius 1 is 1.50 bits per heavy atom. The van der Waals surface area contributed by atoms with E-state index in [1.807, 2.05) is 0 Å². The summed E-state index contributed by atoms with van der Waals surface area (Å²) in [5, 5.41) is 6.73. The van der Waals surface area contributed by atoms with Gasteiger partial charge in [0, 0.05) is 0 Å². The highest BCUT2D eigenvalue weighted by atomic mass is 32.1. The standard InChI is InChI=1S/C9H18N2S/c1-4-5-6-7-8(12)11-9(2,3)10-7/h7,10H,4-6H2,1-3H3,(H,11,12). The SMILES string of the molecule is CCCCC1NC(C)(C)NC1=S. The largest absolute Gasteiger partial charge is 0.361 e. The first-order chi connectivity index (χ1) is 5.55. The van der Waals surface area contributed by atoms with Gasteiger partial charge >= 0.3 is 0 Å². The van der Waals surface area contributed by atoms with Crippen molar-refractivity contribution >= 4 is 17.2 Å². The molecule has 1 heterocycles. The minimum Gasteiger partial charge on any atom is -0.361 e. The summed E-state index contributed by atoms with van der Waals surface area (Å²) in [6.07, 6.45) is 3.64. The predicted molar refractivity (Wildman–Crippen MR) is 56.3 cm³/mol. The lowest BCUT2D eigenvalue weighted by Gasteiger charge is -2.18. The zero-order valence-electron chi connectivity index (χ0n) is 8.11. The van der Waals surface area contributed by atoms with Crippen LogP contribution in [0, 0.1) is 0 Å². The van der Waals surface area contributed by atoms with Crippen LogP contribution in [0.1, 0.15) is 40.0 Å². The molecule has 1 unspecified atom stereocenters. The van der Waals surface area contributed by atoms with Crippen LogP contribution in [0.25, 0.3) is 0 Å². The first-order valence-corrected chi connectivity index (χ1v) is 5.06. The highest BCUT2D eigenvalue weighted by Crippen LogP contribution is 2.13. The Morgan fingerprint density at radius 3 is 2.58 bits per heavy atom. The fraction of sp³-hybridized carbons (Fsp3) is 0.889. The smallest absolute Gasteiger partial charge is 0.0940 e. The van der Waals surface area contributed by atoms with E-state index in [4.69, 9.17) is 12.2 Å². The van der Waals surface area contributed by atoms with Gasteiger partial charge in [-0.05, 0) is 20.3 Å². The maximum Gasteiger partial charge on any atom is 0.0940 e. The highest BCUT2D eigenvalue weighted by Gasteiger charge is 2.32. The van der Waals surface area contributed by atoms with Gasteiger partial charge in [0.15, 0.2) is 0 Å². The first-order valence-electron chi connectivity index (χ1n) is 4.65. The molecule has 0 bridgehead atoms. The van der Waals surface area contributed by atoms with Gasteiger partial charge in [0.1, 0.15) is 0 Å². The third-order valence-electron chi connectivity index (χ3n) is 2.13. The summed E-state index contributed by atoms with van der Waals surface area (Å²) in [5.41, 5.74) is -0.00447. The average molecular weight is 186 g/mol. The van der Waals surface area contributed by atoms with E-state index in [2.05, 4.69) is 31.4 Å². The van der Waals surface area contributed by atoms with Gasteiger partial charge in [-0.2, -0.15) is 0 Å². The zero-order chi connectivity index (χ0) is 9.19. The van der Waals surface area contributed by atoms with Crippen molar-refractivity contribution in [2.75, 3.05) is 0 Å². The second-order valence-electron chi connectivity index (χ2n) is 3.95. The molecule has 0 aromatic heterocycles. The minimum absolute atomic E-state index is 0.00447. The summed E-state index contributed by atoms with van der Waals surface area (Å²) >= 11 is 5.23. The molecule has 1 aliphatic rings. The number of rotatable bonds is 3. The fourth-order valence-electron chi connectivity index (χ4n) is 1.54. The quantitative estimate of drug-likeness (QED) is 0.657. The monoisotopic (exact) mass is 186 g/mol. The van der Waals surface area contributed by atoms with E-state index in [1.165, 1.54) is 12.8 Å².